The molecule has 1 saturated heterocycles. The zero-order valence-corrected chi connectivity index (χ0v) is 20.0. The lowest BCUT2D eigenvalue weighted by Gasteiger charge is -2.37. The van der Waals surface area contributed by atoms with Gasteiger partial charge >= 0.3 is 6.09 Å². The highest BCUT2D eigenvalue weighted by atomic mass is 32.2. The van der Waals surface area contributed by atoms with Crippen LogP contribution in [0.1, 0.15) is 31.9 Å². The fourth-order valence-electron chi connectivity index (χ4n) is 3.54. The predicted octanol–water partition coefficient (Wildman–Crippen LogP) is 3.01. The third kappa shape index (κ3) is 7.41. The largest absolute Gasteiger partial charge is 0.444 e. The van der Waals surface area contributed by atoms with Crippen molar-refractivity contribution in [3.63, 3.8) is 0 Å². The second kappa shape index (κ2) is 10.5. The predicted molar refractivity (Wildman–Crippen MR) is 125 cm³/mol. The van der Waals surface area contributed by atoms with Crippen LogP contribution >= 0.6 is 0 Å². The van der Waals surface area contributed by atoms with Crippen molar-refractivity contribution in [3.8, 4) is 0 Å². The number of sulfonamides is 1. The number of benzene rings is 2. The van der Waals surface area contributed by atoms with Crippen molar-refractivity contribution in [2.45, 2.75) is 38.7 Å². The first-order chi connectivity index (χ1) is 15.5. The van der Waals surface area contributed by atoms with E-state index >= 15 is 0 Å². The molecule has 8 nitrogen and oxygen atoms in total. The lowest BCUT2D eigenvalue weighted by molar-refractivity contribution is 0.0240. The van der Waals surface area contributed by atoms with E-state index in [0.29, 0.717) is 43.0 Å². The number of carbonyl (C=O) groups is 1. The summed E-state index contributed by atoms with van der Waals surface area (Å²) in [6.07, 6.45) is -0.365. The molecule has 0 spiro atoms. The molecule has 0 aliphatic carbocycles. The number of hydrazine groups is 1. The Morgan fingerprint density at radius 3 is 2.33 bits per heavy atom. The van der Waals surface area contributed by atoms with Gasteiger partial charge in [-0.15, -0.1) is 0 Å². The number of piperazine rings is 1. The Bertz CT molecular complexity index is 1050. The average molecular weight is 479 g/mol. The fraction of sp³-hybridized carbons (Fsp3) is 0.435. The summed E-state index contributed by atoms with van der Waals surface area (Å²) in [6, 6.07) is 13.6. The van der Waals surface area contributed by atoms with Crippen molar-refractivity contribution in [3.05, 3.63) is 65.5 Å². The van der Waals surface area contributed by atoms with E-state index in [1.807, 2.05) is 31.7 Å². The van der Waals surface area contributed by atoms with Crippen molar-refractivity contribution in [2.24, 2.45) is 0 Å². The summed E-state index contributed by atoms with van der Waals surface area (Å²) in [6.45, 7) is 7.35. The molecule has 1 fully saturated rings. The second-order valence-electron chi connectivity index (χ2n) is 8.89. The van der Waals surface area contributed by atoms with E-state index in [9.17, 15) is 17.6 Å². The molecule has 0 saturated carbocycles. The Balaban J connectivity index is 1.60. The molecule has 0 atom stereocenters. The van der Waals surface area contributed by atoms with E-state index < -0.39 is 21.4 Å². The molecule has 2 N–H and O–H groups in total. The van der Waals surface area contributed by atoms with Gasteiger partial charge < -0.3 is 14.5 Å². The maximum Gasteiger partial charge on any atom is 0.410 e. The third-order valence-corrected chi connectivity index (χ3v) is 6.23. The van der Waals surface area contributed by atoms with Crippen LogP contribution < -0.4 is 15.2 Å². The summed E-state index contributed by atoms with van der Waals surface area (Å²) in [4.78, 5) is 18.2. The van der Waals surface area contributed by atoms with Gasteiger partial charge in [0.05, 0.1) is 5.75 Å². The summed E-state index contributed by atoms with van der Waals surface area (Å²) in [5.41, 5.74) is 3.75. The normalized spacial score (nSPS) is 14.9. The Hall–Kier alpha value is -2.69. The third-order valence-electron chi connectivity index (χ3n) is 5.06. The van der Waals surface area contributed by atoms with Gasteiger partial charge in [0, 0.05) is 44.0 Å². The van der Waals surface area contributed by atoms with Crippen LogP contribution in [0, 0.1) is 5.82 Å². The van der Waals surface area contributed by atoms with E-state index in [1.54, 1.807) is 41.3 Å². The van der Waals surface area contributed by atoms with Crippen LogP contribution in [0.3, 0.4) is 0 Å². The first-order valence-electron chi connectivity index (χ1n) is 10.8. The molecular weight excluding hydrogens is 447 g/mol. The van der Waals surface area contributed by atoms with Crippen LogP contribution in [0.15, 0.2) is 48.5 Å². The second-order valence-corrected chi connectivity index (χ2v) is 10.6. The Labute approximate surface area is 194 Å². The molecule has 0 unspecified atom stereocenters. The van der Waals surface area contributed by atoms with Crippen molar-refractivity contribution in [1.82, 2.24) is 15.2 Å². The Morgan fingerprint density at radius 2 is 1.70 bits per heavy atom. The van der Waals surface area contributed by atoms with Gasteiger partial charge in [0.2, 0.25) is 10.0 Å². The molecule has 1 aliphatic rings. The monoisotopic (exact) mass is 478 g/mol. The molecule has 0 aromatic heterocycles. The first-order valence-corrected chi connectivity index (χ1v) is 12.5. The fourth-order valence-corrected chi connectivity index (χ4v) is 4.53. The maximum atomic E-state index is 14.6. The summed E-state index contributed by atoms with van der Waals surface area (Å²) in [5.74, 6) is -0.616. The van der Waals surface area contributed by atoms with Crippen molar-refractivity contribution in [2.75, 3.05) is 31.1 Å². The molecule has 180 valence electrons. The smallest absolute Gasteiger partial charge is 0.410 e. The van der Waals surface area contributed by atoms with Crippen LogP contribution in [-0.4, -0.2) is 51.2 Å². The number of hydrogen-bond acceptors (Lipinski definition) is 6. The molecule has 0 bridgehead atoms. The average Bonchev–Trinajstić information content (AvgIpc) is 2.74. The van der Waals surface area contributed by atoms with Gasteiger partial charge in [0.25, 0.3) is 0 Å². The minimum Gasteiger partial charge on any atom is -0.444 e. The van der Waals surface area contributed by atoms with E-state index in [4.69, 9.17) is 4.74 Å². The van der Waals surface area contributed by atoms with Crippen molar-refractivity contribution >= 4 is 21.8 Å². The number of rotatable bonds is 7. The maximum absolute atomic E-state index is 14.6. The summed E-state index contributed by atoms with van der Waals surface area (Å²) >= 11 is 0. The molecule has 10 heteroatoms. The van der Waals surface area contributed by atoms with E-state index in [1.165, 1.54) is 6.07 Å². The molecule has 3 rings (SSSR count). The number of anilines is 1. The Morgan fingerprint density at radius 1 is 1.03 bits per heavy atom. The molecule has 1 heterocycles. The Kier molecular flexibility index (Phi) is 7.93. The highest BCUT2D eigenvalue weighted by Crippen LogP contribution is 2.25. The highest BCUT2D eigenvalue weighted by Gasteiger charge is 2.27. The van der Waals surface area contributed by atoms with Gasteiger partial charge in [0.15, 0.2) is 0 Å². The summed E-state index contributed by atoms with van der Waals surface area (Å²) in [5, 5.41) is 0. The highest BCUT2D eigenvalue weighted by molar-refractivity contribution is 7.88. The number of carbonyl (C=O) groups excluding carboxylic acids is 1. The number of halogens is 1. The van der Waals surface area contributed by atoms with Crippen molar-refractivity contribution < 1.29 is 22.3 Å². The van der Waals surface area contributed by atoms with Gasteiger partial charge in [-0.25, -0.2) is 23.0 Å². The summed E-state index contributed by atoms with van der Waals surface area (Å²) < 4.78 is 44.7. The van der Waals surface area contributed by atoms with Crippen LogP contribution in [0.2, 0.25) is 0 Å². The van der Waals surface area contributed by atoms with Crippen LogP contribution in [-0.2, 0) is 27.1 Å². The minimum atomic E-state index is -3.64. The van der Waals surface area contributed by atoms with Crippen molar-refractivity contribution in [1.29, 1.82) is 0 Å². The number of hydrogen-bond donors (Lipinski definition) is 2. The standard InChI is InChI=1S/C23H31FN4O4S/c1-23(2,3)32-22(29)28-14-12-27(13-15-28)21-11-7-10-20(24)19(21)16-25-26-33(30,31)17-18-8-5-4-6-9-18/h4-11,25-26H,12-17H2,1-3H3. The number of nitrogens with zero attached hydrogens (tertiary/aromatic N) is 2. The number of nitrogens with one attached hydrogen (secondary N) is 2. The van der Waals surface area contributed by atoms with E-state index in [0.717, 1.165) is 0 Å². The zero-order valence-electron chi connectivity index (χ0n) is 19.2. The molecule has 1 amide bonds. The number of amides is 1. The molecule has 2 aromatic carbocycles. The zero-order chi connectivity index (χ0) is 24.1. The minimum absolute atomic E-state index is 0.0255. The van der Waals surface area contributed by atoms with Crippen LogP contribution in [0.25, 0.3) is 0 Å². The lowest BCUT2D eigenvalue weighted by Crippen LogP contribution is -2.50. The van der Waals surface area contributed by atoms with Gasteiger partial charge in [0.1, 0.15) is 11.4 Å². The van der Waals surface area contributed by atoms with Gasteiger partial charge in [-0.05, 0) is 38.5 Å². The molecule has 2 aromatic rings. The van der Waals surface area contributed by atoms with E-state index in [-0.39, 0.29) is 18.4 Å². The molecule has 33 heavy (non-hydrogen) atoms. The first kappa shape index (κ1) is 24.9. The van der Waals surface area contributed by atoms with Crippen LogP contribution in [0.4, 0.5) is 14.9 Å². The van der Waals surface area contributed by atoms with Gasteiger partial charge in [-0.3, -0.25) is 0 Å². The van der Waals surface area contributed by atoms with Crippen LogP contribution in [0.5, 0.6) is 0 Å². The topological polar surface area (TPSA) is 91.0 Å². The van der Waals surface area contributed by atoms with Gasteiger partial charge in [-0.2, -0.15) is 4.83 Å². The lowest BCUT2D eigenvalue weighted by atomic mass is 10.1. The quantitative estimate of drug-likeness (QED) is 0.595. The molecule has 0 radical (unpaired) electrons. The van der Waals surface area contributed by atoms with E-state index in [2.05, 4.69) is 10.3 Å². The van der Waals surface area contributed by atoms with Gasteiger partial charge in [-0.1, -0.05) is 36.4 Å². The number of ether oxygens (including phenoxy) is 1. The summed E-state index contributed by atoms with van der Waals surface area (Å²) in [7, 11) is -3.64. The molecular formula is C23H31FN4O4S. The molecule has 1 aliphatic heterocycles. The SMILES string of the molecule is CC(C)(C)OC(=O)N1CCN(c2cccc(F)c2CNNS(=O)(=O)Cc2ccccc2)CC1.